The number of terminal acetylenes is 1. The van der Waals surface area contributed by atoms with Gasteiger partial charge in [-0.25, -0.2) is 4.99 Å². The Bertz CT molecular complexity index is 344. The van der Waals surface area contributed by atoms with Crippen molar-refractivity contribution in [3.63, 3.8) is 0 Å². The third-order valence-electron chi connectivity index (χ3n) is 2.98. The minimum Gasteiger partial charge on any atom is -0.469 e. The summed E-state index contributed by atoms with van der Waals surface area (Å²) in [5.41, 5.74) is 0. The first-order valence-electron chi connectivity index (χ1n) is 6.27. The van der Waals surface area contributed by atoms with Crippen LogP contribution in [0.1, 0.15) is 19.8 Å². The Morgan fingerprint density at radius 2 is 2.16 bits per heavy atom. The largest absolute Gasteiger partial charge is 0.469 e. The van der Waals surface area contributed by atoms with Gasteiger partial charge in [-0.15, -0.1) is 30.4 Å². The first-order valence-corrected chi connectivity index (χ1v) is 6.27. The van der Waals surface area contributed by atoms with Gasteiger partial charge in [-0.3, -0.25) is 4.79 Å². The van der Waals surface area contributed by atoms with E-state index in [9.17, 15) is 4.79 Å². The van der Waals surface area contributed by atoms with E-state index >= 15 is 0 Å². The molecular weight excluding hydrogens is 357 g/mol. The van der Waals surface area contributed by atoms with Crippen molar-refractivity contribution in [3.8, 4) is 12.3 Å². The number of carbonyl (C=O) groups is 1. The Morgan fingerprint density at radius 1 is 1.53 bits per heavy atom. The smallest absolute Gasteiger partial charge is 0.308 e. The van der Waals surface area contributed by atoms with Crippen molar-refractivity contribution in [1.82, 2.24) is 10.2 Å². The number of piperidine rings is 1. The monoisotopic (exact) mass is 379 g/mol. The van der Waals surface area contributed by atoms with E-state index in [1.807, 2.05) is 6.92 Å². The molecule has 1 N–H and O–H groups in total. The number of carbonyl (C=O) groups excluding carboxylic acids is 1. The van der Waals surface area contributed by atoms with Gasteiger partial charge in [0.15, 0.2) is 5.96 Å². The third kappa shape index (κ3) is 5.68. The topological polar surface area (TPSA) is 53.9 Å². The number of halogens is 1. The minimum absolute atomic E-state index is 0. The number of aliphatic imine (C=N–C) groups is 1. The predicted molar refractivity (Wildman–Crippen MR) is 86.5 cm³/mol. The van der Waals surface area contributed by atoms with E-state index in [-0.39, 0.29) is 35.9 Å². The molecule has 0 aromatic rings. The molecule has 0 aliphatic carbocycles. The van der Waals surface area contributed by atoms with Crippen LogP contribution >= 0.6 is 24.0 Å². The van der Waals surface area contributed by atoms with Gasteiger partial charge in [-0.05, 0) is 19.8 Å². The van der Waals surface area contributed by atoms with E-state index in [1.54, 1.807) is 0 Å². The van der Waals surface area contributed by atoms with E-state index < -0.39 is 0 Å². The Morgan fingerprint density at radius 3 is 2.63 bits per heavy atom. The first kappa shape index (κ1) is 18.0. The molecule has 0 bridgehead atoms. The van der Waals surface area contributed by atoms with Gasteiger partial charge < -0.3 is 15.0 Å². The van der Waals surface area contributed by atoms with E-state index in [0.29, 0.717) is 6.54 Å². The number of guanidine groups is 1. The van der Waals surface area contributed by atoms with Crippen molar-refractivity contribution in [1.29, 1.82) is 0 Å². The molecule has 0 aromatic carbocycles. The van der Waals surface area contributed by atoms with Crippen LogP contribution in [0.3, 0.4) is 0 Å². The molecular formula is C13H22IN3O2. The maximum atomic E-state index is 11.4. The van der Waals surface area contributed by atoms with Crippen LogP contribution < -0.4 is 5.32 Å². The van der Waals surface area contributed by atoms with Gasteiger partial charge in [0.1, 0.15) is 6.54 Å². The fraction of sp³-hybridized carbons (Fsp3) is 0.692. The molecule has 19 heavy (non-hydrogen) atoms. The number of likely N-dealkylation sites (tertiary alicyclic amines) is 1. The molecule has 0 spiro atoms. The van der Waals surface area contributed by atoms with Crippen LogP contribution in [0, 0.1) is 18.3 Å². The summed E-state index contributed by atoms with van der Waals surface area (Å²) < 4.78 is 4.77. The molecule has 6 heteroatoms. The lowest BCUT2D eigenvalue weighted by Crippen LogP contribution is -2.46. The van der Waals surface area contributed by atoms with E-state index in [4.69, 9.17) is 11.2 Å². The Labute approximate surface area is 132 Å². The normalized spacial score (nSPS) is 16.3. The molecule has 0 aromatic heterocycles. The standard InChI is InChI=1S/C13H21N3O2.HI/c1-4-8-15-13(14-5-2)16-9-6-11(7-10-16)12(17)18-3;/h1,11H,5-10H2,2-3H3,(H,14,15);1H. The SMILES string of the molecule is C#CCN=C(NCC)N1CCC(C(=O)OC)CC1.I. The molecule has 108 valence electrons. The van der Waals surface area contributed by atoms with E-state index in [0.717, 1.165) is 38.4 Å². The summed E-state index contributed by atoms with van der Waals surface area (Å²) in [7, 11) is 1.44. The predicted octanol–water partition coefficient (Wildman–Crippen LogP) is 1.09. The second-order valence-electron chi connectivity index (χ2n) is 4.16. The fourth-order valence-electron chi connectivity index (χ4n) is 2.04. The van der Waals surface area contributed by atoms with Gasteiger partial charge in [0, 0.05) is 19.6 Å². The maximum Gasteiger partial charge on any atom is 0.308 e. The number of nitrogens with one attached hydrogen (secondary N) is 1. The van der Waals surface area contributed by atoms with Crippen molar-refractivity contribution in [3.05, 3.63) is 0 Å². The molecule has 1 fully saturated rings. The van der Waals surface area contributed by atoms with Crippen LogP contribution in [0.15, 0.2) is 4.99 Å². The lowest BCUT2D eigenvalue weighted by atomic mass is 9.97. The summed E-state index contributed by atoms with van der Waals surface area (Å²) in [4.78, 5) is 17.9. The summed E-state index contributed by atoms with van der Waals surface area (Å²) in [6, 6.07) is 0. The van der Waals surface area contributed by atoms with Crippen LogP contribution in [0.5, 0.6) is 0 Å². The zero-order valence-electron chi connectivity index (χ0n) is 11.5. The summed E-state index contributed by atoms with van der Waals surface area (Å²) in [6.45, 7) is 4.80. The summed E-state index contributed by atoms with van der Waals surface area (Å²) in [5.74, 6) is 3.24. The first-order chi connectivity index (χ1) is 8.72. The van der Waals surface area contributed by atoms with Crippen molar-refractivity contribution >= 4 is 35.9 Å². The van der Waals surface area contributed by atoms with E-state index in [2.05, 4.69) is 21.1 Å². The van der Waals surface area contributed by atoms with Gasteiger partial charge in [-0.1, -0.05) is 5.92 Å². The molecule has 5 nitrogen and oxygen atoms in total. The second-order valence-corrected chi connectivity index (χ2v) is 4.16. The highest BCUT2D eigenvalue weighted by Crippen LogP contribution is 2.18. The second kappa shape index (κ2) is 9.89. The summed E-state index contributed by atoms with van der Waals surface area (Å²) in [6.07, 6.45) is 6.82. The average molecular weight is 379 g/mol. The number of hydrogen-bond acceptors (Lipinski definition) is 3. The third-order valence-corrected chi connectivity index (χ3v) is 2.98. The van der Waals surface area contributed by atoms with Gasteiger partial charge >= 0.3 is 5.97 Å². The lowest BCUT2D eigenvalue weighted by molar-refractivity contribution is -0.146. The fourth-order valence-corrected chi connectivity index (χ4v) is 2.04. The van der Waals surface area contributed by atoms with Gasteiger partial charge in [0.25, 0.3) is 0 Å². The van der Waals surface area contributed by atoms with Crippen LogP contribution in [-0.4, -0.2) is 50.1 Å². The van der Waals surface area contributed by atoms with Crippen LogP contribution in [-0.2, 0) is 9.53 Å². The quantitative estimate of drug-likeness (QED) is 0.262. The molecule has 0 saturated carbocycles. The molecule has 0 unspecified atom stereocenters. The van der Waals surface area contributed by atoms with Crippen molar-refractivity contribution in [2.75, 3.05) is 33.3 Å². The number of methoxy groups -OCH3 is 1. The Balaban J connectivity index is 0.00000324. The molecule has 1 heterocycles. The van der Waals surface area contributed by atoms with Crippen molar-refractivity contribution in [2.45, 2.75) is 19.8 Å². The lowest BCUT2D eigenvalue weighted by Gasteiger charge is -2.33. The van der Waals surface area contributed by atoms with Crippen LogP contribution in [0.25, 0.3) is 0 Å². The summed E-state index contributed by atoms with van der Waals surface area (Å²) in [5, 5.41) is 3.21. The molecule has 1 saturated heterocycles. The van der Waals surface area contributed by atoms with Gasteiger partial charge in [0.05, 0.1) is 13.0 Å². The van der Waals surface area contributed by atoms with E-state index in [1.165, 1.54) is 7.11 Å². The zero-order chi connectivity index (χ0) is 13.4. The molecule has 0 radical (unpaired) electrons. The van der Waals surface area contributed by atoms with Crippen molar-refractivity contribution in [2.24, 2.45) is 10.9 Å². The number of esters is 1. The highest BCUT2D eigenvalue weighted by atomic mass is 127. The summed E-state index contributed by atoms with van der Waals surface area (Å²) >= 11 is 0. The Hall–Kier alpha value is -0.970. The van der Waals surface area contributed by atoms with Gasteiger partial charge in [0.2, 0.25) is 0 Å². The molecule has 1 rings (SSSR count). The maximum absolute atomic E-state index is 11.4. The average Bonchev–Trinajstić information content (AvgIpc) is 2.43. The number of rotatable bonds is 3. The molecule has 1 aliphatic rings. The Kier molecular flexibility index (Phi) is 9.39. The zero-order valence-corrected chi connectivity index (χ0v) is 13.8. The minimum atomic E-state index is -0.111. The van der Waals surface area contributed by atoms with Gasteiger partial charge in [-0.2, -0.15) is 0 Å². The molecule has 1 aliphatic heterocycles. The molecule has 0 amide bonds. The highest BCUT2D eigenvalue weighted by Gasteiger charge is 2.26. The number of hydrogen-bond donors (Lipinski definition) is 1. The van der Waals surface area contributed by atoms with Crippen LogP contribution in [0.4, 0.5) is 0 Å². The number of ether oxygens (including phenoxy) is 1. The van der Waals surface area contributed by atoms with Crippen LogP contribution in [0.2, 0.25) is 0 Å². The highest BCUT2D eigenvalue weighted by molar-refractivity contribution is 14.0. The van der Waals surface area contributed by atoms with Crippen molar-refractivity contribution < 1.29 is 9.53 Å². The molecule has 0 atom stereocenters. The number of nitrogens with zero attached hydrogens (tertiary/aromatic N) is 2.